The second-order valence-corrected chi connectivity index (χ2v) is 5.74. The van der Waals surface area contributed by atoms with Crippen LogP contribution in [0.15, 0.2) is 54.6 Å². The van der Waals surface area contributed by atoms with E-state index in [2.05, 4.69) is 5.32 Å². The van der Waals surface area contributed by atoms with Gasteiger partial charge in [0.25, 0.3) is 0 Å². The molecular formula is C19H21NO3. The normalized spacial score (nSPS) is 17.3. The molecule has 2 atom stereocenters. The van der Waals surface area contributed by atoms with Crippen molar-refractivity contribution in [2.45, 2.75) is 31.9 Å². The Morgan fingerprint density at radius 1 is 1.13 bits per heavy atom. The van der Waals surface area contributed by atoms with Crippen LogP contribution in [0.5, 0.6) is 11.5 Å². The van der Waals surface area contributed by atoms with Crippen molar-refractivity contribution >= 4 is 5.91 Å². The Morgan fingerprint density at radius 3 is 2.61 bits per heavy atom. The summed E-state index contributed by atoms with van der Waals surface area (Å²) in [6.07, 6.45) is 0.984. The van der Waals surface area contributed by atoms with Crippen molar-refractivity contribution in [1.82, 2.24) is 5.32 Å². The van der Waals surface area contributed by atoms with Gasteiger partial charge in [-0.15, -0.1) is 0 Å². The lowest BCUT2D eigenvalue weighted by molar-refractivity contribution is -0.122. The number of amides is 1. The van der Waals surface area contributed by atoms with Gasteiger partial charge in [0.1, 0.15) is 12.7 Å². The van der Waals surface area contributed by atoms with Gasteiger partial charge in [-0.1, -0.05) is 42.5 Å². The summed E-state index contributed by atoms with van der Waals surface area (Å²) < 4.78 is 11.5. The van der Waals surface area contributed by atoms with Gasteiger partial charge in [-0.05, 0) is 31.0 Å². The quantitative estimate of drug-likeness (QED) is 0.919. The predicted molar refractivity (Wildman–Crippen MR) is 88.6 cm³/mol. The van der Waals surface area contributed by atoms with Gasteiger partial charge in [-0.3, -0.25) is 4.79 Å². The number of rotatable bonds is 5. The summed E-state index contributed by atoms with van der Waals surface area (Å²) >= 11 is 0. The van der Waals surface area contributed by atoms with E-state index in [0.29, 0.717) is 19.4 Å². The second kappa shape index (κ2) is 7.18. The summed E-state index contributed by atoms with van der Waals surface area (Å²) in [6.45, 7) is 2.47. The Kier molecular flexibility index (Phi) is 4.81. The van der Waals surface area contributed by atoms with Crippen LogP contribution in [0, 0.1) is 0 Å². The fraction of sp³-hybridized carbons (Fsp3) is 0.316. The number of carbonyl (C=O) groups is 1. The molecule has 0 aromatic heterocycles. The van der Waals surface area contributed by atoms with E-state index in [1.54, 1.807) is 0 Å². The minimum atomic E-state index is -0.0809. The molecule has 1 heterocycles. The molecule has 2 aromatic rings. The smallest absolute Gasteiger partial charge is 0.220 e. The zero-order valence-electron chi connectivity index (χ0n) is 13.2. The number of benzene rings is 2. The maximum Gasteiger partial charge on any atom is 0.220 e. The number of hydrogen-bond donors (Lipinski definition) is 1. The highest BCUT2D eigenvalue weighted by molar-refractivity contribution is 5.76. The van der Waals surface area contributed by atoms with Crippen LogP contribution in [0.4, 0.5) is 0 Å². The van der Waals surface area contributed by atoms with Crippen LogP contribution in [0.3, 0.4) is 0 Å². The van der Waals surface area contributed by atoms with Gasteiger partial charge in [-0.2, -0.15) is 0 Å². The molecule has 4 nitrogen and oxygen atoms in total. The van der Waals surface area contributed by atoms with Crippen molar-refractivity contribution in [1.29, 1.82) is 0 Å². The number of para-hydroxylation sites is 2. The highest BCUT2D eigenvalue weighted by Crippen LogP contribution is 2.31. The SMILES string of the molecule is C[C@H](NC(=O)CC[C@@H]1COc2ccccc2O1)c1ccccc1. The first-order chi connectivity index (χ1) is 11.2. The van der Waals surface area contributed by atoms with Crippen LogP contribution in [0.25, 0.3) is 0 Å². The first-order valence-corrected chi connectivity index (χ1v) is 7.95. The molecule has 0 bridgehead atoms. The lowest BCUT2D eigenvalue weighted by Crippen LogP contribution is -2.32. The van der Waals surface area contributed by atoms with Crippen LogP contribution in [0.2, 0.25) is 0 Å². The molecule has 120 valence electrons. The molecule has 0 spiro atoms. The van der Waals surface area contributed by atoms with Crippen LogP contribution in [-0.4, -0.2) is 18.6 Å². The minimum Gasteiger partial charge on any atom is -0.486 e. The Bertz CT molecular complexity index is 657. The summed E-state index contributed by atoms with van der Waals surface area (Å²) in [5, 5.41) is 3.02. The molecule has 2 aromatic carbocycles. The number of carbonyl (C=O) groups excluding carboxylic acids is 1. The lowest BCUT2D eigenvalue weighted by atomic mass is 10.1. The van der Waals surface area contributed by atoms with Gasteiger partial charge in [-0.25, -0.2) is 0 Å². The number of ether oxygens (including phenoxy) is 2. The zero-order chi connectivity index (χ0) is 16.1. The fourth-order valence-corrected chi connectivity index (χ4v) is 2.64. The van der Waals surface area contributed by atoms with Crippen molar-refractivity contribution in [3.63, 3.8) is 0 Å². The predicted octanol–water partition coefficient (Wildman–Crippen LogP) is 3.48. The monoisotopic (exact) mass is 311 g/mol. The molecule has 0 saturated heterocycles. The van der Waals surface area contributed by atoms with E-state index in [1.807, 2.05) is 61.5 Å². The van der Waals surface area contributed by atoms with E-state index in [1.165, 1.54) is 0 Å². The van der Waals surface area contributed by atoms with Gasteiger partial charge >= 0.3 is 0 Å². The molecule has 1 amide bonds. The maximum atomic E-state index is 12.1. The van der Waals surface area contributed by atoms with E-state index in [-0.39, 0.29) is 18.1 Å². The average Bonchev–Trinajstić information content (AvgIpc) is 2.60. The van der Waals surface area contributed by atoms with Crippen molar-refractivity contribution in [3.8, 4) is 11.5 Å². The summed E-state index contributed by atoms with van der Waals surface area (Å²) in [5.41, 5.74) is 1.10. The highest BCUT2D eigenvalue weighted by atomic mass is 16.6. The highest BCUT2D eigenvalue weighted by Gasteiger charge is 2.21. The van der Waals surface area contributed by atoms with E-state index < -0.39 is 0 Å². The number of hydrogen-bond acceptors (Lipinski definition) is 3. The van der Waals surface area contributed by atoms with Gasteiger partial charge in [0.15, 0.2) is 11.5 Å². The first-order valence-electron chi connectivity index (χ1n) is 7.95. The lowest BCUT2D eigenvalue weighted by Gasteiger charge is -2.26. The molecule has 1 aliphatic rings. The summed E-state index contributed by atoms with van der Waals surface area (Å²) in [5.74, 6) is 1.55. The Labute approximate surface area is 136 Å². The third-order valence-corrected chi connectivity index (χ3v) is 3.94. The maximum absolute atomic E-state index is 12.1. The van der Waals surface area contributed by atoms with Crippen LogP contribution >= 0.6 is 0 Å². The zero-order valence-corrected chi connectivity index (χ0v) is 13.2. The van der Waals surface area contributed by atoms with Crippen LogP contribution in [-0.2, 0) is 4.79 Å². The van der Waals surface area contributed by atoms with E-state index in [9.17, 15) is 4.79 Å². The van der Waals surface area contributed by atoms with Crippen molar-refractivity contribution < 1.29 is 14.3 Å². The molecule has 0 unspecified atom stereocenters. The molecule has 1 aliphatic heterocycles. The Balaban J connectivity index is 1.47. The molecule has 0 saturated carbocycles. The Morgan fingerprint density at radius 2 is 1.83 bits per heavy atom. The minimum absolute atomic E-state index is 0.00736. The molecule has 0 radical (unpaired) electrons. The third kappa shape index (κ3) is 4.03. The average molecular weight is 311 g/mol. The molecule has 3 rings (SSSR count). The molecule has 4 heteroatoms. The van der Waals surface area contributed by atoms with Crippen molar-refractivity contribution in [2.24, 2.45) is 0 Å². The largest absolute Gasteiger partial charge is 0.486 e. The number of fused-ring (bicyclic) bond motifs is 1. The van der Waals surface area contributed by atoms with Gasteiger partial charge in [0, 0.05) is 6.42 Å². The summed E-state index contributed by atoms with van der Waals surface area (Å²) in [6, 6.07) is 17.6. The molecular weight excluding hydrogens is 290 g/mol. The van der Waals surface area contributed by atoms with E-state index in [0.717, 1.165) is 17.1 Å². The molecule has 23 heavy (non-hydrogen) atoms. The standard InChI is InChI=1S/C19H21NO3/c1-14(15-7-3-2-4-8-15)20-19(21)12-11-16-13-22-17-9-5-6-10-18(17)23-16/h2-10,14,16H,11-13H2,1H3,(H,20,21)/t14-,16+/m0/s1. The summed E-state index contributed by atoms with van der Waals surface area (Å²) in [7, 11) is 0. The first kappa shape index (κ1) is 15.4. The van der Waals surface area contributed by atoms with Gasteiger partial charge in [0.05, 0.1) is 6.04 Å². The Hall–Kier alpha value is -2.49. The topological polar surface area (TPSA) is 47.6 Å². The van der Waals surface area contributed by atoms with Gasteiger partial charge in [0.2, 0.25) is 5.91 Å². The molecule has 0 aliphatic carbocycles. The number of nitrogens with one attached hydrogen (secondary N) is 1. The van der Waals surface area contributed by atoms with Gasteiger partial charge < -0.3 is 14.8 Å². The van der Waals surface area contributed by atoms with Crippen molar-refractivity contribution in [2.75, 3.05) is 6.61 Å². The summed E-state index contributed by atoms with van der Waals surface area (Å²) in [4.78, 5) is 12.1. The van der Waals surface area contributed by atoms with E-state index >= 15 is 0 Å². The van der Waals surface area contributed by atoms with Crippen LogP contribution < -0.4 is 14.8 Å². The van der Waals surface area contributed by atoms with E-state index in [4.69, 9.17) is 9.47 Å². The molecule has 1 N–H and O–H groups in total. The molecule has 0 fully saturated rings. The fourth-order valence-electron chi connectivity index (χ4n) is 2.64. The second-order valence-electron chi connectivity index (χ2n) is 5.74. The van der Waals surface area contributed by atoms with Crippen molar-refractivity contribution in [3.05, 3.63) is 60.2 Å². The van der Waals surface area contributed by atoms with Crippen LogP contribution in [0.1, 0.15) is 31.4 Å². The third-order valence-electron chi connectivity index (χ3n) is 3.94.